The van der Waals surface area contributed by atoms with E-state index < -0.39 is 0 Å². The second kappa shape index (κ2) is 9.37. The number of para-hydroxylation sites is 3. The van der Waals surface area contributed by atoms with Crippen LogP contribution in [-0.2, 0) is 0 Å². The summed E-state index contributed by atoms with van der Waals surface area (Å²) in [4.78, 5) is 2.30. The van der Waals surface area contributed by atoms with Crippen molar-refractivity contribution >= 4 is 71.7 Å². The number of hydrogen-bond acceptors (Lipinski definition) is 3. The molecule has 0 saturated carbocycles. The molecule has 0 N–H and O–H groups in total. The van der Waals surface area contributed by atoms with Crippen molar-refractivity contribution < 1.29 is 8.83 Å². The van der Waals surface area contributed by atoms with E-state index in [-0.39, 0.29) is 0 Å². The molecule has 0 bridgehead atoms. The van der Waals surface area contributed by atoms with Crippen LogP contribution < -0.4 is 4.90 Å². The van der Waals surface area contributed by atoms with Crippen LogP contribution in [0.25, 0.3) is 65.8 Å². The minimum Gasteiger partial charge on any atom is -0.456 e. The van der Waals surface area contributed by atoms with Gasteiger partial charge < -0.3 is 13.7 Å². The number of benzene rings is 7. The number of hydrogen-bond donors (Lipinski definition) is 0. The van der Waals surface area contributed by atoms with Crippen LogP contribution in [0, 0.1) is 0 Å². The summed E-state index contributed by atoms with van der Waals surface area (Å²) >= 11 is 0. The molecule has 0 aliphatic heterocycles. The van der Waals surface area contributed by atoms with Crippen molar-refractivity contribution in [3.05, 3.63) is 152 Å². The van der Waals surface area contributed by atoms with Gasteiger partial charge in [0.25, 0.3) is 0 Å². The van der Waals surface area contributed by atoms with Crippen LogP contribution in [0.5, 0.6) is 0 Å². The van der Waals surface area contributed by atoms with Gasteiger partial charge in [0, 0.05) is 27.2 Å². The highest BCUT2D eigenvalue weighted by atomic mass is 16.3. The summed E-state index contributed by atoms with van der Waals surface area (Å²) in [5.41, 5.74) is 8.93. The molecule has 9 rings (SSSR count). The summed E-state index contributed by atoms with van der Waals surface area (Å²) in [6, 6.07) is 52.9. The summed E-state index contributed by atoms with van der Waals surface area (Å²) in [6.45, 7) is 0. The van der Waals surface area contributed by atoms with E-state index in [1.807, 2.05) is 18.2 Å². The third-order valence-corrected chi connectivity index (χ3v) is 8.45. The van der Waals surface area contributed by atoms with Gasteiger partial charge in [0.1, 0.15) is 16.7 Å². The maximum absolute atomic E-state index is 6.93. The van der Waals surface area contributed by atoms with Gasteiger partial charge in [-0.1, -0.05) is 109 Å². The molecule has 0 aliphatic carbocycles. The Kier molecular flexibility index (Phi) is 5.20. The van der Waals surface area contributed by atoms with Gasteiger partial charge in [-0.2, -0.15) is 0 Å². The Labute approximate surface area is 247 Å². The van der Waals surface area contributed by atoms with E-state index in [1.165, 1.54) is 16.5 Å². The fraction of sp³-hybridized carbons (Fsp3) is 0. The Bertz CT molecular complexity index is 2450. The molecule has 3 nitrogen and oxygen atoms in total. The largest absolute Gasteiger partial charge is 0.456 e. The minimum atomic E-state index is 0.849. The quantitative estimate of drug-likeness (QED) is 0.218. The lowest BCUT2D eigenvalue weighted by Crippen LogP contribution is -2.10. The molecule has 43 heavy (non-hydrogen) atoms. The zero-order chi connectivity index (χ0) is 28.3. The summed E-state index contributed by atoms with van der Waals surface area (Å²) < 4.78 is 13.2. The Morgan fingerprint density at radius 2 is 1.00 bits per heavy atom. The Morgan fingerprint density at radius 3 is 1.84 bits per heavy atom. The van der Waals surface area contributed by atoms with E-state index in [2.05, 4.69) is 138 Å². The van der Waals surface area contributed by atoms with Gasteiger partial charge in [0.05, 0.1) is 16.8 Å². The molecule has 0 atom stereocenters. The molecular formula is C40H25NO2. The Hall–Kier alpha value is -5.80. The lowest BCUT2D eigenvalue weighted by Gasteiger charge is -2.26. The van der Waals surface area contributed by atoms with Crippen LogP contribution >= 0.6 is 0 Å². The van der Waals surface area contributed by atoms with Crippen LogP contribution in [0.2, 0.25) is 0 Å². The van der Waals surface area contributed by atoms with Crippen LogP contribution in [0.15, 0.2) is 160 Å². The van der Waals surface area contributed by atoms with Crippen molar-refractivity contribution in [2.45, 2.75) is 0 Å². The van der Waals surface area contributed by atoms with Crippen LogP contribution in [-0.4, -0.2) is 0 Å². The van der Waals surface area contributed by atoms with Crippen LogP contribution in [0.3, 0.4) is 0 Å². The predicted octanol–water partition coefficient (Wildman–Crippen LogP) is 11.8. The molecule has 0 fully saturated rings. The van der Waals surface area contributed by atoms with Gasteiger partial charge >= 0.3 is 0 Å². The van der Waals surface area contributed by atoms with Crippen LogP contribution in [0.1, 0.15) is 0 Å². The SMILES string of the molecule is c1ccc(-c2cc3c4cccc(N(c5ccccc5)c5cccc6oc7ccccc7c56)c4oc3c3ccccc23)cc1. The van der Waals surface area contributed by atoms with E-state index >= 15 is 0 Å². The highest BCUT2D eigenvalue weighted by Gasteiger charge is 2.23. The van der Waals surface area contributed by atoms with Crippen molar-refractivity contribution in [2.24, 2.45) is 0 Å². The first-order valence-electron chi connectivity index (χ1n) is 14.5. The van der Waals surface area contributed by atoms with E-state index in [9.17, 15) is 0 Å². The molecule has 7 aromatic carbocycles. The summed E-state index contributed by atoms with van der Waals surface area (Å²) in [7, 11) is 0. The Morgan fingerprint density at radius 1 is 0.395 bits per heavy atom. The van der Waals surface area contributed by atoms with E-state index in [1.54, 1.807) is 0 Å². The van der Waals surface area contributed by atoms with Gasteiger partial charge in [-0.05, 0) is 59.0 Å². The maximum atomic E-state index is 6.93. The molecule has 0 amide bonds. The standard InChI is InChI=1S/C40H25NO2/c1-3-13-26(14-4-1)32-25-33-30-20-11-22-35(40(30)43-39(33)29-18-8-7-17-28(29)32)41(27-15-5-2-6-16-27)34-21-12-24-37-38(34)31-19-9-10-23-36(31)42-37/h1-25H. The highest BCUT2D eigenvalue weighted by Crippen LogP contribution is 2.47. The number of furan rings is 2. The molecule has 0 radical (unpaired) electrons. The fourth-order valence-corrected chi connectivity index (χ4v) is 6.56. The molecule has 9 aromatic rings. The first kappa shape index (κ1) is 23.9. The van der Waals surface area contributed by atoms with Gasteiger partial charge in [-0.25, -0.2) is 0 Å². The predicted molar refractivity (Wildman–Crippen MR) is 179 cm³/mol. The van der Waals surface area contributed by atoms with Crippen molar-refractivity contribution in [3.63, 3.8) is 0 Å². The minimum absolute atomic E-state index is 0.849. The smallest absolute Gasteiger partial charge is 0.159 e. The lowest BCUT2D eigenvalue weighted by molar-refractivity contribution is 0.668. The zero-order valence-corrected chi connectivity index (χ0v) is 23.2. The van der Waals surface area contributed by atoms with Crippen molar-refractivity contribution in [1.29, 1.82) is 0 Å². The van der Waals surface area contributed by atoms with Gasteiger partial charge in [0.2, 0.25) is 0 Å². The topological polar surface area (TPSA) is 29.5 Å². The number of fused-ring (bicyclic) bond motifs is 8. The Balaban J connectivity index is 1.38. The van der Waals surface area contributed by atoms with Crippen molar-refractivity contribution in [1.82, 2.24) is 0 Å². The first-order chi connectivity index (χ1) is 21.3. The molecule has 0 saturated heterocycles. The summed E-state index contributed by atoms with van der Waals surface area (Å²) in [6.07, 6.45) is 0. The molecule has 0 aliphatic rings. The second-order valence-electron chi connectivity index (χ2n) is 10.9. The van der Waals surface area contributed by atoms with Gasteiger partial charge in [-0.3, -0.25) is 0 Å². The molecule has 202 valence electrons. The van der Waals surface area contributed by atoms with E-state index in [0.717, 1.165) is 66.3 Å². The molecule has 2 heterocycles. The normalized spacial score (nSPS) is 11.7. The number of rotatable bonds is 4. The molecule has 2 aromatic heterocycles. The van der Waals surface area contributed by atoms with Gasteiger partial charge in [-0.15, -0.1) is 0 Å². The van der Waals surface area contributed by atoms with Gasteiger partial charge in [0.15, 0.2) is 5.58 Å². The first-order valence-corrected chi connectivity index (χ1v) is 14.5. The second-order valence-corrected chi connectivity index (χ2v) is 10.9. The zero-order valence-electron chi connectivity index (χ0n) is 23.2. The van der Waals surface area contributed by atoms with E-state index in [0.29, 0.717) is 0 Å². The molecular weight excluding hydrogens is 526 g/mol. The number of anilines is 3. The van der Waals surface area contributed by atoms with Crippen molar-refractivity contribution in [3.8, 4) is 11.1 Å². The average Bonchev–Trinajstić information content (AvgIpc) is 3.65. The lowest BCUT2D eigenvalue weighted by atomic mass is 9.95. The highest BCUT2D eigenvalue weighted by molar-refractivity contribution is 6.21. The van der Waals surface area contributed by atoms with Crippen LogP contribution in [0.4, 0.5) is 17.1 Å². The third-order valence-electron chi connectivity index (χ3n) is 8.45. The van der Waals surface area contributed by atoms with E-state index in [4.69, 9.17) is 8.83 Å². The molecule has 3 heteroatoms. The monoisotopic (exact) mass is 551 g/mol. The molecule has 0 spiro atoms. The average molecular weight is 552 g/mol. The fourth-order valence-electron chi connectivity index (χ4n) is 6.56. The van der Waals surface area contributed by atoms with Crippen molar-refractivity contribution in [2.75, 3.05) is 4.90 Å². The summed E-state index contributed by atoms with van der Waals surface area (Å²) in [5.74, 6) is 0. The molecule has 0 unspecified atom stereocenters. The third kappa shape index (κ3) is 3.62. The maximum Gasteiger partial charge on any atom is 0.159 e. The summed E-state index contributed by atoms with van der Waals surface area (Å²) in [5, 5.41) is 6.64. The number of nitrogens with zero attached hydrogens (tertiary/aromatic N) is 1.